The van der Waals surface area contributed by atoms with Gasteiger partial charge in [-0.1, -0.05) is 17.7 Å². The van der Waals surface area contributed by atoms with Gasteiger partial charge in [-0.2, -0.15) is 0 Å². The number of ether oxygens (including phenoxy) is 1. The van der Waals surface area contributed by atoms with Crippen molar-refractivity contribution < 1.29 is 18.7 Å². The van der Waals surface area contributed by atoms with E-state index in [1.165, 1.54) is 37.4 Å². The number of piperazine rings is 1. The van der Waals surface area contributed by atoms with Crippen molar-refractivity contribution in [1.82, 2.24) is 24.7 Å². The lowest BCUT2D eigenvalue weighted by molar-refractivity contribution is -0.134. The number of hydrogen-bond donors (Lipinski definition) is 2. The Balaban J connectivity index is 1.19. The van der Waals surface area contributed by atoms with Crippen molar-refractivity contribution in [3.63, 3.8) is 0 Å². The summed E-state index contributed by atoms with van der Waals surface area (Å²) >= 11 is 6.00. The summed E-state index contributed by atoms with van der Waals surface area (Å²) in [4.78, 5) is 40.1. The van der Waals surface area contributed by atoms with E-state index >= 15 is 0 Å². The highest BCUT2D eigenvalue weighted by Crippen LogP contribution is 2.52. The minimum absolute atomic E-state index is 0.00671. The molecule has 1 spiro atoms. The maximum absolute atomic E-state index is 13.7. The highest BCUT2D eigenvalue weighted by Gasteiger charge is 2.45. The van der Waals surface area contributed by atoms with Crippen LogP contribution in [0.5, 0.6) is 5.75 Å². The van der Waals surface area contributed by atoms with Gasteiger partial charge in [-0.15, -0.1) is 0 Å². The van der Waals surface area contributed by atoms with E-state index in [0.717, 1.165) is 32.5 Å². The van der Waals surface area contributed by atoms with Gasteiger partial charge in [-0.25, -0.2) is 14.4 Å². The van der Waals surface area contributed by atoms with Gasteiger partial charge in [0.15, 0.2) is 0 Å². The second-order valence-corrected chi connectivity index (χ2v) is 13.1. The molecule has 45 heavy (non-hydrogen) atoms. The molecule has 1 aromatic heterocycles. The molecule has 6 rings (SSSR count). The van der Waals surface area contributed by atoms with E-state index in [0.29, 0.717) is 71.4 Å². The zero-order valence-corrected chi connectivity index (χ0v) is 26.4. The number of halogens is 2. The molecule has 0 radical (unpaired) electrons. The summed E-state index contributed by atoms with van der Waals surface area (Å²) in [5, 5.41) is 6.81. The van der Waals surface area contributed by atoms with Crippen molar-refractivity contribution in [2.45, 2.75) is 25.7 Å². The number of piperidine rings is 1. The average Bonchev–Trinajstić information content (AvgIpc) is 3.00. The highest BCUT2D eigenvalue weighted by molar-refractivity contribution is 6.31. The van der Waals surface area contributed by atoms with Crippen LogP contribution in [0, 0.1) is 17.2 Å². The summed E-state index contributed by atoms with van der Waals surface area (Å²) in [6.07, 6.45) is 9.47. The van der Waals surface area contributed by atoms with Crippen LogP contribution in [0.3, 0.4) is 0 Å². The van der Waals surface area contributed by atoms with Gasteiger partial charge in [-0.05, 0) is 81.4 Å². The Morgan fingerprint density at radius 1 is 1.13 bits per heavy atom. The van der Waals surface area contributed by atoms with Gasteiger partial charge in [0, 0.05) is 49.9 Å². The molecule has 2 aromatic carbocycles. The fourth-order valence-electron chi connectivity index (χ4n) is 6.55. The maximum Gasteiger partial charge on any atom is 0.248 e. The molecular formula is C33H39ClFN7O3. The van der Waals surface area contributed by atoms with Gasteiger partial charge in [0.25, 0.3) is 0 Å². The van der Waals surface area contributed by atoms with Crippen LogP contribution in [0.15, 0.2) is 48.8 Å². The van der Waals surface area contributed by atoms with Gasteiger partial charge in [0.2, 0.25) is 11.8 Å². The van der Waals surface area contributed by atoms with Crippen LogP contribution in [0.25, 0.3) is 10.9 Å². The molecule has 3 aliphatic rings. The number of rotatable bonds is 9. The molecule has 3 aromatic rings. The van der Waals surface area contributed by atoms with Gasteiger partial charge in [-0.3, -0.25) is 14.5 Å². The number of carbonyl (C=O) groups is 2. The van der Waals surface area contributed by atoms with Gasteiger partial charge in [0.1, 0.15) is 23.7 Å². The summed E-state index contributed by atoms with van der Waals surface area (Å²) < 4.78 is 20.1. The number of hydrogen-bond acceptors (Lipinski definition) is 8. The molecular weight excluding hydrogens is 597 g/mol. The Bertz CT molecular complexity index is 1600. The summed E-state index contributed by atoms with van der Waals surface area (Å²) in [7, 11) is 3.98. The number of amides is 2. The first kappa shape index (κ1) is 31.2. The lowest BCUT2D eigenvalue weighted by Crippen LogP contribution is -2.48. The highest BCUT2D eigenvalue weighted by atomic mass is 35.5. The molecule has 0 bridgehead atoms. The van der Waals surface area contributed by atoms with Crippen LogP contribution < -0.4 is 15.4 Å². The maximum atomic E-state index is 13.7. The monoisotopic (exact) mass is 635 g/mol. The Morgan fingerprint density at radius 2 is 1.93 bits per heavy atom. The lowest BCUT2D eigenvalue weighted by atomic mass is 9.58. The summed E-state index contributed by atoms with van der Waals surface area (Å²) in [5.74, 6) is 0.715. The Kier molecular flexibility index (Phi) is 9.21. The zero-order chi connectivity index (χ0) is 31.6. The third-order valence-electron chi connectivity index (χ3n) is 9.31. The van der Waals surface area contributed by atoms with Crippen molar-refractivity contribution in [2.75, 3.05) is 70.6 Å². The second-order valence-electron chi connectivity index (χ2n) is 12.7. The van der Waals surface area contributed by atoms with Gasteiger partial charge >= 0.3 is 0 Å². The zero-order valence-electron chi connectivity index (χ0n) is 25.7. The fourth-order valence-corrected chi connectivity index (χ4v) is 6.73. The summed E-state index contributed by atoms with van der Waals surface area (Å²) in [6.45, 7) is 5.10. The van der Waals surface area contributed by atoms with E-state index in [4.69, 9.17) is 16.3 Å². The smallest absolute Gasteiger partial charge is 0.248 e. The van der Waals surface area contributed by atoms with Crippen LogP contribution in [0.2, 0.25) is 5.02 Å². The first-order valence-electron chi connectivity index (χ1n) is 15.4. The molecule has 2 N–H and O–H groups in total. The minimum atomic E-state index is -0.512. The number of carbonyl (C=O) groups excluding carboxylic acids is 2. The van der Waals surface area contributed by atoms with Crippen molar-refractivity contribution >= 4 is 51.5 Å². The first-order valence-corrected chi connectivity index (χ1v) is 15.8. The SMILES string of the molecule is CN1CCC2(CC1)CC(COc1cc3ncnc(Nc4ccc(F)c(Cl)c4)c3cc1NC(=O)/C=C/CN1CCN(C)C(=O)C1)C2. The van der Waals surface area contributed by atoms with E-state index in [9.17, 15) is 14.0 Å². The van der Waals surface area contributed by atoms with Crippen LogP contribution in [-0.4, -0.2) is 96.5 Å². The molecule has 0 unspecified atom stereocenters. The Labute approximate surface area is 267 Å². The molecule has 10 nitrogen and oxygen atoms in total. The van der Waals surface area contributed by atoms with E-state index in [1.807, 2.05) is 11.0 Å². The molecule has 3 fully saturated rings. The molecule has 12 heteroatoms. The van der Waals surface area contributed by atoms with E-state index < -0.39 is 5.82 Å². The van der Waals surface area contributed by atoms with Gasteiger partial charge in [0.05, 0.1) is 29.4 Å². The number of likely N-dealkylation sites (N-methyl/N-ethyl adjacent to an activating group) is 1. The fraction of sp³-hybridized carbons (Fsp3) is 0.455. The van der Waals surface area contributed by atoms with E-state index in [1.54, 1.807) is 30.2 Å². The number of likely N-dealkylation sites (tertiary alicyclic amines) is 1. The quantitative estimate of drug-likeness (QED) is 0.319. The number of nitrogens with one attached hydrogen (secondary N) is 2. The third kappa shape index (κ3) is 7.37. The first-order chi connectivity index (χ1) is 21.7. The number of nitrogens with zero attached hydrogens (tertiary/aromatic N) is 5. The summed E-state index contributed by atoms with van der Waals surface area (Å²) in [6, 6.07) is 7.96. The molecule has 2 saturated heterocycles. The van der Waals surface area contributed by atoms with Gasteiger partial charge < -0.3 is 25.2 Å². The molecule has 1 aliphatic carbocycles. The van der Waals surface area contributed by atoms with E-state index in [-0.39, 0.29) is 16.8 Å². The standard InChI is InChI=1S/C33H39ClFN7O3/c1-40-10-7-33(8-11-40)17-22(18-33)20-45-29-16-27-24(32(37-21-36-27)38-23-5-6-26(35)25(34)14-23)15-28(29)39-30(43)4-3-9-42-13-12-41(2)31(44)19-42/h3-6,14-16,21-22H,7-13,17-20H2,1-2H3,(H,39,43)(H,36,37,38)/b4-3+. The average molecular weight is 636 g/mol. The number of aromatic nitrogens is 2. The molecule has 238 valence electrons. The van der Waals surface area contributed by atoms with Crippen molar-refractivity contribution in [2.24, 2.45) is 11.3 Å². The Hall–Kier alpha value is -3.80. The molecule has 2 amide bonds. The van der Waals surface area contributed by atoms with Crippen molar-refractivity contribution in [1.29, 1.82) is 0 Å². The lowest BCUT2D eigenvalue weighted by Gasteiger charge is -2.51. The Morgan fingerprint density at radius 3 is 2.69 bits per heavy atom. The molecule has 1 saturated carbocycles. The van der Waals surface area contributed by atoms with Crippen molar-refractivity contribution in [3.8, 4) is 5.75 Å². The van der Waals surface area contributed by atoms with E-state index in [2.05, 4.69) is 32.5 Å². The molecule has 3 heterocycles. The number of anilines is 3. The molecule has 2 aliphatic heterocycles. The van der Waals surface area contributed by atoms with Crippen LogP contribution in [-0.2, 0) is 9.59 Å². The van der Waals surface area contributed by atoms with Crippen LogP contribution >= 0.6 is 11.6 Å². The van der Waals surface area contributed by atoms with Crippen molar-refractivity contribution in [3.05, 3.63) is 59.7 Å². The predicted octanol–water partition coefficient (Wildman–Crippen LogP) is 4.94. The molecule has 0 atom stereocenters. The predicted molar refractivity (Wildman–Crippen MR) is 173 cm³/mol. The minimum Gasteiger partial charge on any atom is -0.491 e. The number of fused-ring (bicyclic) bond motifs is 1. The largest absolute Gasteiger partial charge is 0.491 e. The summed E-state index contributed by atoms with van der Waals surface area (Å²) in [5.41, 5.74) is 2.13. The van der Waals surface area contributed by atoms with Crippen LogP contribution in [0.4, 0.5) is 21.6 Å². The third-order valence-corrected chi connectivity index (χ3v) is 9.60. The second kappa shape index (κ2) is 13.3. The normalized spacial score (nSPS) is 19.3. The topological polar surface area (TPSA) is 103 Å². The van der Waals surface area contributed by atoms with Crippen LogP contribution in [0.1, 0.15) is 25.7 Å². The number of benzene rings is 2.